The second-order valence-electron chi connectivity index (χ2n) is 5.14. The van der Waals surface area contributed by atoms with Crippen molar-refractivity contribution in [1.29, 1.82) is 5.26 Å². The standard InChI is InChI=1S/C19H14N2O.C2H6/c1-13-7-9-15(10-8-13)18-17(14-5-3-2-4-6-14)11-16(12-20)19(22)21-18;1-2/h2-11H,1H3,(H,21,22);1-2H3. The Kier molecular flexibility index (Phi) is 5.70. The van der Waals surface area contributed by atoms with Gasteiger partial charge in [-0.25, -0.2) is 0 Å². The van der Waals surface area contributed by atoms with E-state index in [0.29, 0.717) is 0 Å². The Morgan fingerprint density at radius 1 is 0.917 bits per heavy atom. The highest BCUT2D eigenvalue weighted by Crippen LogP contribution is 2.30. The van der Waals surface area contributed by atoms with Crippen molar-refractivity contribution in [2.24, 2.45) is 0 Å². The minimum absolute atomic E-state index is 0.120. The van der Waals surface area contributed by atoms with Gasteiger partial charge in [0.2, 0.25) is 0 Å². The molecule has 0 saturated carbocycles. The molecule has 0 bridgehead atoms. The highest BCUT2D eigenvalue weighted by molar-refractivity contribution is 5.81. The van der Waals surface area contributed by atoms with Crippen LogP contribution >= 0.6 is 0 Å². The average Bonchev–Trinajstić information content (AvgIpc) is 2.64. The van der Waals surface area contributed by atoms with Gasteiger partial charge < -0.3 is 4.98 Å². The summed E-state index contributed by atoms with van der Waals surface area (Å²) in [7, 11) is 0. The monoisotopic (exact) mass is 316 g/mol. The van der Waals surface area contributed by atoms with E-state index in [-0.39, 0.29) is 11.1 Å². The lowest BCUT2D eigenvalue weighted by Gasteiger charge is -2.11. The third-order valence-corrected chi connectivity index (χ3v) is 3.59. The second-order valence-corrected chi connectivity index (χ2v) is 5.14. The molecule has 24 heavy (non-hydrogen) atoms. The number of aromatic nitrogens is 1. The van der Waals surface area contributed by atoms with E-state index in [1.165, 1.54) is 0 Å². The SMILES string of the molecule is CC.Cc1ccc(-c2[nH]c(=O)c(C#N)cc2-c2ccccc2)cc1. The summed E-state index contributed by atoms with van der Waals surface area (Å²) in [5.41, 5.74) is 4.38. The van der Waals surface area contributed by atoms with Crippen LogP contribution in [0.25, 0.3) is 22.4 Å². The van der Waals surface area contributed by atoms with E-state index in [1.54, 1.807) is 6.07 Å². The summed E-state index contributed by atoms with van der Waals surface area (Å²) < 4.78 is 0. The van der Waals surface area contributed by atoms with E-state index in [2.05, 4.69) is 4.98 Å². The summed E-state index contributed by atoms with van der Waals surface area (Å²) >= 11 is 0. The molecular weight excluding hydrogens is 296 g/mol. The maximum atomic E-state index is 12.0. The lowest BCUT2D eigenvalue weighted by Crippen LogP contribution is -2.11. The Labute approximate surface area is 142 Å². The topological polar surface area (TPSA) is 56.6 Å². The molecule has 1 N–H and O–H groups in total. The normalized spacial score (nSPS) is 9.58. The number of aromatic amines is 1. The molecule has 0 amide bonds. The smallest absolute Gasteiger partial charge is 0.266 e. The molecule has 2 aromatic carbocycles. The largest absolute Gasteiger partial charge is 0.320 e. The number of pyridine rings is 1. The van der Waals surface area contributed by atoms with E-state index in [4.69, 9.17) is 5.26 Å². The van der Waals surface area contributed by atoms with Crippen LogP contribution in [0.1, 0.15) is 25.0 Å². The molecule has 0 atom stereocenters. The maximum absolute atomic E-state index is 12.0. The van der Waals surface area contributed by atoms with Crippen LogP contribution < -0.4 is 5.56 Å². The number of hydrogen-bond donors (Lipinski definition) is 1. The van der Waals surface area contributed by atoms with Crippen LogP contribution in [-0.4, -0.2) is 4.98 Å². The molecule has 3 nitrogen and oxygen atoms in total. The third kappa shape index (κ3) is 3.61. The van der Waals surface area contributed by atoms with Gasteiger partial charge in [0.1, 0.15) is 11.6 Å². The first kappa shape index (κ1) is 17.2. The van der Waals surface area contributed by atoms with Gasteiger partial charge in [0.15, 0.2) is 0 Å². The van der Waals surface area contributed by atoms with E-state index < -0.39 is 0 Å². The highest BCUT2D eigenvalue weighted by atomic mass is 16.1. The molecule has 0 fully saturated rings. The highest BCUT2D eigenvalue weighted by Gasteiger charge is 2.12. The van der Waals surface area contributed by atoms with E-state index in [9.17, 15) is 4.79 Å². The Morgan fingerprint density at radius 3 is 2.12 bits per heavy atom. The first-order valence-electron chi connectivity index (χ1n) is 7.99. The summed E-state index contributed by atoms with van der Waals surface area (Å²) in [5, 5.41) is 9.12. The van der Waals surface area contributed by atoms with Gasteiger partial charge in [0.05, 0.1) is 5.69 Å². The fraction of sp³-hybridized carbons (Fsp3) is 0.143. The van der Waals surface area contributed by atoms with Gasteiger partial charge in [0, 0.05) is 5.56 Å². The van der Waals surface area contributed by atoms with Gasteiger partial charge in [-0.1, -0.05) is 74.0 Å². The molecule has 0 aliphatic carbocycles. The number of nitrogens with one attached hydrogen (secondary N) is 1. The van der Waals surface area contributed by atoms with E-state index in [1.807, 2.05) is 81.4 Å². The third-order valence-electron chi connectivity index (χ3n) is 3.59. The summed E-state index contributed by atoms with van der Waals surface area (Å²) in [6.07, 6.45) is 0. The Bertz CT molecular complexity index is 901. The molecular formula is C21H20N2O. The fourth-order valence-corrected chi connectivity index (χ4v) is 2.41. The number of H-pyrrole nitrogens is 1. The number of hydrogen-bond acceptors (Lipinski definition) is 2. The van der Waals surface area contributed by atoms with Crippen molar-refractivity contribution in [3.8, 4) is 28.5 Å². The van der Waals surface area contributed by atoms with Crippen molar-refractivity contribution >= 4 is 0 Å². The van der Waals surface area contributed by atoms with Crippen LogP contribution in [0.2, 0.25) is 0 Å². The van der Waals surface area contributed by atoms with Gasteiger partial charge in [-0.05, 0) is 24.1 Å². The van der Waals surface area contributed by atoms with Crippen molar-refractivity contribution in [3.63, 3.8) is 0 Å². The van der Waals surface area contributed by atoms with E-state index in [0.717, 1.165) is 27.9 Å². The second kappa shape index (κ2) is 7.94. The number of benzene rings is 2. The Balaban J connectivity index is 0.00000100. The molecule has 0 radical (unpaired) electrons. The molecule has 0 unspecified atom stereocenters. The molecule has 1 heterocycles. The minimum atomic E-state index is -0.363. The van der Waals surface area contributed by atoms with E-state index >= 15 is 0 Å². The fourth-order valence-electron chi connectivity index (χ4n) is 2.41. The number of rotatable bonds is 2. The van der Waals surface area contributed by atoms with Crippen LogP contribution in [-0.2, 0) is 0 Å². The molecule has 0 aliphatic heterocycles. The lowest BCUT2D eigenvalue weighted by molar-refractivity contribution is 1.22. The Hall–Kier alpha value is -3.12. The number of aryl methyl sites for hydroxylation is 1. The molecule has 3 rings (SSSR count). The van der Waals surface area contributed by atoms with Crippen molar-refractivity contribution in [2.45, 2.75) is 20.8 Å². The summed E-state index contributed by atoms with van der Waals surface area (Å²) in [4.78, 5) is 14.9. The quantitative estimate of drug-likeness (QED) is 0.730. The summed E-state index contributed by atoms with van der Waals surface area (Å²) in [5.74, 6) is 0. The zero-order chi connectivity index (χ0) is 17.5. The number of nitrogens with zero attached hydrogens (tertiary/aromatic N) is 1. The van der Waals surface area contributed by atoms with Crippen LogP contribution in [0.3, 0.4) is 0 Å². The maximum Gasteiger partial charge on any atom is 0.266 e. The van der Waals surface area contributed by atoms with Gasteiger partial charge in [-0.15, -0.1) is 0 Å². The predicted molar refractivity (Wildman–Crippen MR) is 98.7 cm³/mol. The molecule has 3 heteroatoms. The first-order valence-corrected chi connectivity index (χ1v) is 7.99. The van der Waals surface area contributed by atoms with Gasteiger partial charge in [-0.2, -0.15) is 5.26 Å². The van der Waals surface area contributed by atoms with Crippen molar-refractivity contribution < 1.29 is 0 Å². The average molecular weight is 316 g/mol. The molecule has 0 saturated heterocycles. The van der Waals surface area contributed by atoms with Gasteiger partial charge in [0.25, 0.3) is 5.56 Å². The summed E-state index contributed by atoms with van der Waals surface area (Å²) in [6.45, 7) is 6.02. The Morgan fingerprint density at radius 2 is 1.54 bits per heavy atom. The van der Waals surface area contributed by atoms with Crippen LogP contribution in [0.15, 0.2) is 65.5 Å². The van der Waals surface area contributed by atoms with Gasteiger partial charge >= 0.3 is 0 Å². The first-order chi connectivity index (χ1) is 11.7. The number of nitriles is 1. The summed E-state index contributed by atoms with van der Waals surface area (Å²) in [6, 6.07) is 21.3. The van der Waals surface area contributed by atoms with Crippen LogP contribution in [0, 0.1) is 18.3 Å². The molecule has 0 aliphatic rings. The van der Waals surface area contributed by atoms with Crippen LogP contribution in [0.4, 0.5) is 0 Å². The van der Waals surface area contributed by atoms with Gasteiger partial charge in [-0.3, -0.25) is 4.79 Å². The van der Waals surface area contributed by atoms with Crippen molar-refractivity contribution in [3.05, 3.63) is 82.1 Å². The molecule has 0 spiro atoms. The predicted octanol–water partition coefficient (Wildman–Crippen LogP) is 4.92. The van der Waals surface area contributed by atoms with Crippen LogP contribution in [0.5, 0.6) is 0 Å². The molecule has 1 aromatic heterocycles. The molecule has 3 aromatic rings. The zero-order valence-corrected chi connectivity index (χ0v) is 14.1. The lowest BCUT2D eigenvalue weighted by atomic mass is 9.97. The molecule has 120 valence electrons. The zero-order valence-electron chi connectivity index (χ0n) is 14.1. The van der Waals surface area contributed by atoms with Crippen molar-refractivity contribution in [1.82, 2.24) is 4.98 Å². The minimum Gasteiger partial charge on any atom is -0.320 e. The van der Waals surface area contributed by atoms with Crippen molar-refractivity contribution in [2.75, 3.05) is 0 Å².